The highest BCUT2D eigenvalue weighted by atomic mass is 35.5. The van der Waals surface area contributed by atoms with Crippen LogP contribution in [0.3, 0.4) is 0 Å². The molecule has 236 valence electrons. The number of benzene rings is 3. The first-order chi connectivity index (χ1) is 19.9. The van der Waals surface area contributed by atoms with E-state index in [1.165, 1.54) is 6.07 Å². The number of aliphatic hydroxyl groups is 1. The fraction of sp³-hybridized carbons (Fsp3) is 0.406. The van der Waals surface area contributed by atoms with Gasteiger partial charge in [-0.3, -0.25) is 4.79 Å². The number of aliphatic hydroxyl groups excluding tert-OH is 1. The summed E-state index contributed by atoms with van der Waals surface area (Å²) in [6, 6.07) is 22.7. The molecule has 1 fully saturated rings. The van der Waals surface area contributed by atoms with Crippen LogP contribution in [0.15, 0.2) is 77.7 Å². The molecule has 0 unspecified atom stereocenters. The molecule has 1 amide bonds. The van der Waals surface area contributed by atoms with Gasteiger partial charge in [-0.15, -0.1) is 24.8 Å². The van der Waals surface area contributed by atoms with Gasteiger partial charge in [0.2, 0.25) is 5.91 Å². The van der Waals surface area contributed by atoms with Crippen molar-refractivity contribution in [2.75, 3.05) is 19.6 Å². The van der Waals surface area contributed by atoms with Gasteiger partial charge in [0, 0.05) is 13.0 Å². The molecule has 1 aliphatic carbocycles. The third kappa shape index (κ3) is 11.1. The highest BCUT2D eigenvalue weighted by Gasteiger charge is 2.25. The molecule has 43 heavy (non-hydrogen) atoms. The minimum atomic E-state index is -4.10. The summed E-state index contributed by atoms with van der Waals surface area (Å²) < 4.78 is 34.7. The minimum absolute atomic E-state index is 0. The number of ether oxygens (including phenoxy) is 1. The van der Waals surface area contributed by atoms with Crippen molar-refractivity contribution in [2.24, 2.45) is 5.73 Å². The van der Waals surface area contributed by atoms with Crippen LogP contribution in [0.2, 0.25) is 0 Å². The number of rotatable bonds is 14. The number of hydrogen-bond acceptors (Lipinski definition) is 7. The van der Waals surface area contributed by atoms with Crippen LogP contribution in [0, 0.1) is 0 Å². The van der Waals surface area contributed by atoms with Crippen molar-refractivity contribution >= 4 is 40.7 Å². The SMILES string of the molecule is Cl.Cl.NCCCC(=O)NS(=O)(=O)c1ccc(-c2ccc(CCNC[C@H](O)c3ccccc3)cc2)cc1OC1CCCCC1. The van der Waals surface area contributed by atoms with E-state index in [9.17, 15) is 18.3 Å². The van der Waals surface area contributed by atoms with E-state index >= 15 is 0 Å². The molecule has 11 heteroatoms. The van der Waals surface area contributed by atoms with Crippen LogP contribution < -0.4 is 20.5 Å². The summed E-state index contributed by atoms with van der Waals surface area (Å²) in [4.78, 5) is 12.2. The topological polar surface area (TPSA) is 131 Å². The molecular formula is C32H43Cl2N3O5S. The standard InChI is InChI=1S/C32H41N3O5S.2ClH/c33-20-7-12-32(37)35-41(38,39)31-18-17-27(22-30(31)40-28-10-5-2-6-11-28)25-15-13-24(14-16-25)19-21-34-23-29(36)26-8-3-1-4-9-26;;/h1,3-4,8-9,13-18,22,28-29,34,36H,2,5-7,10-12,19-21,23,33H2,(H,35,37);2*1H/t29-;;/m0../s1. The van der Waals surface area contributed by atoms with E-state index in [-0.39, 0.29) is 48.0 Å². The summed E-state index contributed by atoms with van der Waals surface area (Å²) in [7, 11) is -4.10. The number of carbonyl (C=O) groups excluding carboxylic acids is 1. The van der Waals surface area contributed by atoms with E-state index in [4.69, 9.17) is 10.5 Å². The molecule has 4 rings (SSSR count). The number of amides is 1. The van der Waals surface area contributed by atoms with E-state index in [0.717, 1.165) is 67.3 Å². The van der Waals surface area contributed by atoms with Crippen molar-refractivity contribution in [3.63, 3.8) is 0 Å². The third-order valence-electron chi connectivity index (χ3n) is 7.33. The van der Waals surface area contributed by atoms with Crippen molar-refractivity contribution in [3.8, 4) is 16.9 Å². The average Bonchev–Trinajstić information content (AvgIpc) is 2.99. The molecule has 0 spiro atoms. The highest BCUT2D eigenvalue weighted by molar-refractivity contribution is 7.90. The van der Waals surface area contributed by atoms with Gasteiger partial charge in [0.05, 0.1) is 12.2 Å². The van der Waals surface area contributed by atoms with E-state index in [0.29, 0.717) is 19.5 Å². The number of nitrogens with one attached hydrogen (secondary N) is 2. The number of hydrogen-bond donors (Lipinski definition) is 4. The summed E-state index contributed by atoms with van der Waals surface area (Å²) in [5.41, 5.74) is 9.27. The Labute approximate surface area is 267 Å². The van der Waals surface area contributed by atoms with Crippen molar-refractivity contribution in [1.82, 2.24) is 10.0 Å². The molecule has 3 aromatic carbocycles. The monoisotopic (exact) mass is 651 g/mol. The lowest BCUT2D eigenvalue weighted by Crippen LogP contribution is -2.31. The van der Waals surface area contributed by atoms with Crippen LogP contribution in [-0.2, 0) is 21.2 Å². The van der Waals surface area contributed by atoms with Gasteiger partial charge >= 0.3 is 0 Å². The molecular weight excluding hydrogens is 609 g/mol. The first-order valence-corrected chi connectivity index (χ1v) is 15.9. The summed E-state index contributed by atoms with van der Waals surface area (Å²) >= 11 is 0. The lowest BCUT2D eigenvalue weighted by molar-refractivity contribution is -0.119. The Kier molecular flexibility index (Phi) is 15.5. The molecule has 3 aromatic rings. The summed E-state index contributed by atoms with van der Waals surface area (Å²) in [6.07, 6.45) is 5.64. The van der Waals surface area contributed by atoms with Gasteiger partial charge in [-0.2, -0.15) is 0 Å². The molecule has 0 radical (unpaired) electrons. The predicted molar refractivity (Wildman–Crippen MR) is 175 cm³/mol. The second-order valence-corrected chi connectivity index (χ2v) is 12.2. The normalized spacial score (nSPS) is 14.2. The maximum atomic E-state index is 13.1. The third-order valence-corrected chi connectivity index (χ3v) is 8.75. The maximum Gasteiger partial charge on any atom is 0.267 e. The second kappa shape index (κ2) is 18.2. The van der Waals surface area contributed by atoms with E-state index < -0.39 is 22.0 Å². The Hall–Kier alpha value is -2.66. The largest absolute Gasteiger partial charge is 0.489 e. The van der Waals surface area contributed by atoms with Gasteiger partial charge < -0.3 is 20.9 Å². The Bertz CT molecular complexity index is 1370. The molecule has 0 aliphatic heterocycles. The first kappa shape index (κ1) is 36.5. The van der Waals surface area contributed by atoms with Crippen LogP contribution in [0.5, 0.6) is 5.75 Å². The van der Waals surface area contributed by atoms with E-state index in [2.05, 4.69) is 22.2 Å². The lowest BCUT2D eigenvalue weighted by Gasteiger charge is -2.24. The fourth-order valence-electron chi connectivity index (χ4n) is 5.01. The van der Waals surface area contributed by atoms with Crippen LogP contribution in [0.4, 0.5) is 0 Å². The van der Waals surface area contributed by atoms with Crippen LogP contribution >= 0.6 is 24.8 Å². The van der Waals surface area contributed by atoms with Crippen LogP contribution in [0.1, 0.15) is 62.2 Å². The van der Waals surface area contributed by atoms with Crippen LogP contribution in [0.25, 0.3) is 11.1 Å². The molecule has 1 saturated carbocycles. The van der Waals surface area contributed by atoms with Gasteiger partial charge in [-0.25, -0.2) is 13.1 Å². The van der Waals surface area contributed by atoms with Crippen molar-refractivity contribution < 1.29 is 23.1 Å². The van der Waals surface area contributed by atoms with E-state index in [1.54, 1.807) is 12.1 Å². The molecule has 8 nitrogen and oxygen atoms in total. The molecule has 1 aliphatic rings. The van der Waals surface area contributed by atoms with Gasteiger partial charge in [0.25, 0.3) is 10.0 Å². The zero-order valence-corrected chi connectivity index (χ0v) is 26.7. The summed E-state index contributed by atoms with van der Waals surface area (Å²) in [5, 5.41) is 13.6. The van der Waals surface area contributed by atoms with Gasteiger partial charge in [-0.05, 0) is 86.0 Å². The quantitative estimate of drug-likeness (QED) is 0.174. The first-order valence-electron chi connectivity index (χ1n) is 14.4. The van der Waals surface area contributed by atoms with Gasteiger partial charge in [-0.1, -0.05) is 67.1 Å². The molecule has 1 atom stereocenters. The van der Waals surface area contributed by atoms with Crippen molar-refractivity contribution in [3.05, 3.63) is 83.9 Å². The Balaban J connectivity index is 0.00000323. The average molecular weight is 653 g/mol. The Morgan fingerprint density at radius 1 is 0.953 bits per heavy atom. The van der Waals surface area contributed by atoms with Gasteiger partial charge in [0.15, 0.2) is 0 Å². The fourth-order valence-corrected chi connectivity index (χ4v) is 6.14. The number of nitrogens with two attached hydrogens (primary N) is 1. The molecule has 5 N–H and O–H groups in total. The second-order valence-electron chi connectivity index (χ2n) is 10.5. The zero-order valence-electron chi connectivity index (χ0n) is 24.2. The number of sulfonamides is 1. The summed E-state index contributed by atoms with van der Waals surface area (Å²) in [5.74, 6) is -0.318. The van der Waals surface area contributed by atoms with Crippen molar-refractivity contribution in [1.29, 1.82) is 0 Å². The van der Waals surface area contributed by atoms with E-state index in [1.807, 2.05) is 42.5 Å². The minimum Gasteiger partial charge on any atom is -0.489 e. The highest BCUT2D eigenvalue weighted by Crippen LogP contribution is 2.33. The molecule has 0 aromatic heterocycles. The summed E-state index contributed by atoms with van der Waals surface area (Å²) in [6.45, 7) is 1.52. The zero-order chi connectivity index (χ0) is 29.1. The Morgan fingerprint density at radius 2 is 1.63 bits per heavy atom. The Morgan fingerprint density at radius 3 is 2.30 bits per heavy atom. The molecule has 0 bridgehead atoms. The number of halogens is 2. The molecule has 0 saturated heterocycles. The maximum absolute atomic E-state index is 13.1. The van der Waals surface area contributed by atoms with Crippen molar-refractivity contribution in [2.45, 2.75) is 68.5 Å². The smallest absolute Gasteiger partial charge is 0.267 e. The molecule has 0 heterocycles. The van der Waals surface area contributed by atoms with Gasteiger partial charge in [0.1, 0.15) is 10.6 Å². The lowest BCUT2D eigenvalue weighted by atomic mass is 9.97. The number of carbonyl (C=O) groups is 1. The predicted octanol–water partition coefficient (Wildman–Crippen LogP) is 5.32. The van der Waals surface area contributed by atoms with Crippen LogP contribution in [-0.4, -0.2) is 45.2 Å².